The van der Waals surface area contributed by atoms with Crippen LogP contribution in [-0.4, -0.2) is 53.1 Å². The molecule has 5 heteroatoms. The Hall–Kier alpha value is -2.08. The van der Waals surface area contributed by atoms with Crippen LogP contribution in [0.5, 0.6) is 11.5 Å². The summed E-state index contributed by atoms with van der Waals surface area (Å²) in [6, 6.07) is 13.0. The van der Waals surface area contributed by atoms with Gasteiger partial charge in [-0.05, 0) is 93.0 Å². The molecule has 5 fully saturated rings. The molecule has 2 aromatic carbocycles. The number of likely N-dealkylation sites (tertiary alicyclic amines) is 1. The van der Waals surface area contributed by atoms with Gasteiger partial charge >= 0.3 is 0 Å². The summed E-state index contributed by atoms with van der Waals surface area (Å²) in [6.45, 7) is 8.70. The quantitative estimate of drug-likeness (QED) is 0.507. The number of phenolic OH excluding ortho intramolecular Hbond substituents is 1. The Balaban J connectivity index is 1.31. The molecule has 0 amide bonds. The fourth-order valence-corrected chi connectivity index (χ4v) is 10.5. The number of piperidine rings is 1. The first-order chi connectivity index (χ1) is 18.7. The minimum atomic E-state index is -1.07. The third-order valence-corrected chi connectivity index (χ3v) is 12.5. The highest BCUT2D eigenvalue weighted by Crippen LogP contribution is 2.78. The van der Waals surface area contributed by atoms with Crippen molar-refractivity contribution in [2.75, 3.05) is 20.2 Å². The van der Waals surface area contributed by atoms with E-state index in [9.17, 15) is 10.2 Å². The molecule has 2 unspecified atom stereocenters. The molecule has 0 radical (unpaired) electrons. The maximum absolute atomic E-state index is 12.6. The van der Waals surface area contributed by atoms with Gasteiger partial charge in [-0.25, -0.2) is 0 Å². The van der Waals surface area contributed by atoms with Crippen LogP contribution in [-0.2, 0) is 22.2 Å². The fourth-order valence-electron chi connectivity index (χ4n) is 10.5. The van der Waals surface area contributed by atoms with Gasteiger partial charge in [-0.3, -0.25) is 4.90 Å². The van der Waals surface area contributed by atoms with Crippen LogP contribution in [0.25, 0.3) is 0 Å². The van der Waals surface area contributed by atoms with Crippen LogP contribution < -0.4 is 4.74 Å². The molecule has 0 aromatic heterocycles. The first kappa shape index (κ1) is 24.7. The molecule has 208 valence electrons. The minimum absolute atomic E-state index is 0.0103. The SMILES string of the molecule is CO[C@]12CCC3(C[C@@H]1[C@](C)(O)c1ccc(C(C)C)cc1)C1Cc4ccc(O)c5c4[C@@]3(CCN1CC1CC1)[C@@H]2O5. The Morgan fingerprint density at radius 2 is 1.87 bits per heavy atom. The lowest BCUT2D eigenvalue weighted by Crippen LogP contribution is -2.82. The molecule has 2 heterocycles. The van der Waals surface area contributed by atoms with Gasteiger partial charge in [0.2, 0.25) is 0 Å². The summed E-state index contributed by atoms with van der Waals surface area (Å²) in [7, 11) is 1.83. The summed E-state index contributed by atoms with van der Waals surface area (Å²) in [6.07, 6.45) is 7.42. The van der Waals surface area contributed by atoms with Crippen molar-refractivity contribution in [2.24, 2.45) is 17.3 Å². The summed E-state index contributed by atoms with van der Waals surface area (Å²) < 4.78 is 13.6. The minimum Gasteiger partial charge on any atom is -0.504 e. The molecule has 2 aliphatic heterocycles. The molecule has 7 atom stereocenters. The highest BCUT2D eigenvalue weighted by molar-refractivity contribution is 5.63. The second-order valence-electron chi connectivity index (χ2n) is 14.3. The van der Waals surface area contributed by atoms with Crippen molar-refractivity contribution in [3.05, 3.63) is 58.7 Å². The average molecular weight is 530 g/mol. The smallest absolute Gasteiger partial charge is 0.165 e. The number of benzene rings is 2. The van der Waals surface area contributed by atoms with Crippen molar-refractivity contribution in [3.63, 3.8) is 0 Å². The highest BCUT2D eigenvalue weighted by Gasteiger charge is 2.82. The van der Waals surface area contributed by atoms with Gasteiger partial charge in [-0.1, -0.05) is 44.2 Å². The van der Waals surface area contributed by atoms with Crippen molar-refractivity contribution in [3.8, 4) is 11.5 Å². The van der Waals surface area contributed by atoms with E-state index in [4.69, 9.17) is 9.47 Å². The molecule has 2 aromatic rings. The van der Waals surface area contributed by atoms with Crippen molar-refractivity contribution in [1.29, 1.82) is 0 Å². The normalized spacial score (nSPS) is 39.4. The van der Waals surface area contributed by atoms with Crippen molar-refractivity contribution in [2.45, 2.75) is 100 Å². The van der Waals surface area contributed by atoms with Crippen LogP contribution >= 0.6 is 0 Å². The number of hydrogen-bond acceptors (Lipinski definition) is 5. The van der Waals surface area contributed by atoms with Gasteiger partial charge in [0.1, 0.15) is 11.7 Å². The fraction of sp³-hybridized carbons (Fsp3) is 0.647. The molecule has 39 heavy (non-hydrogen) atoms. The standard InChI is InChI=1S/C34H43NO4/c1-20(2)22-7-10-24(11-8-22)31(3,37)26-18-32-13-14-34(26,38-4)30-33(32)15-16-35(19-21-5-6-21)27(32)17-23-9-12-25(36)29(39-30)28(23)33/h7-12,20-21,26-27,30,36-37H,5-6,13-19H2,1-4H3/t26-,27?,30+,31-,32?,33+,34-/m1/s1. The third kappa shape index (κ3) is 2.87. The molecule has 4 bridgehead atoms. The van der Waals surface area contributed by atoms with E-state index in [1.807, 2.05) is 20.1 Å². The van der Waals surface area contributed by atoms with Gasteiger partial charge in [-0.15, -0.1) is 0 Å². The molecule has 5 nitrogen and oxygen atoms in total. The number of aromatic hydroxyl groups is 1. The number of hydrogen-bond donors (Lipinski definition) is 2. The number of nitrogens with zero attached hydrogens (tertiary/aromatic N) is 1. The Labute approximate surface area is 232 Å². The van der Waals surface area contributed by atoms with E-state index >= 15 is 0 Å². The predicted molar refractivity (Wildman–Crippen MR) is 150 cm³/mol. The molecule has 2 N–H and O–H groups in total. The summed E-state index contributed by atoms with van der Waals surface area (Å²) in [4.78, 5) is 2.82. The van der Waals surface area contributed by atoms with Gasteiger partial charge in [0.05, 0.1) is 5.60 Å². The number of phenols is 1. The van der Waals surface area contributed by atoms with Gasteiger partial charge in [-0.2, -0.15) is 0 Å². The first-order valence-electron chi connectivity index (χ1n) is 15.3. The van der Waals surface area contributed by atoms with Gasteiger partial charge < -0.3 is 19.7 Å². The van der Waals surface area contributed by atoms with Crippen LogP contribution in [0.15, 0.2) is 36.4 Å². The lowest BCUT2D eigenvalue weighted by molar-refractivity contribution is -0.304. The number of ether oxygens (including phenoxy) is 2. The molecular formula is C34H43NO4. The monoisotopic (exact) mass is 529 g/mol. The predicted octanol–water partition coefficient (Wildman–Crippen LogP) is 5.65. The van der Waals surface area contributed by atoms with Crippen LogP contribution in [0.2, 0.25) is 0 Å². The summed E-state index contributed by atoms with van der Waals surface area (Å²) in [5.41, 5.74) is 2.98. The van der Waals surface area contributed by atoms with Gasteiger partial charge in [0.25, 0.3) is 0 Å². The molecule has 1 saturated heterocycles. The average Bonchev–Trinajstić information content (AvgIpc) is 3.68. The molecular weight excluding hydrogens is 486 g/mol. The molecule has 4 saturated carbocycles. The third-order valence-electron chi connectivity index (χ3n) is 12.5. The second kappa shape index (κ2) is 7.80. The van der Waals surface area contributed by atoms with E-state index < -0.39 is 11.2 Å². The molecule has 7 aliphatic rings. The summed E-state index contributed by atoms with van der Waals surface area (Å²) in [5.74, 6) is 2.12. The van der Waals surface area contributed by atoms with E-state index in [1.165, 1.54) is 36.1 Å². The number of aliphatic hydroxyl groups is 1. The molecule has 9 rings (SSSR count). The maximum Gasteiger partial charge on any atom is 0.165 e. The molecule has 2 spiro atoms. The van der Waals surface area contributed by atoms with E-state index in [2.05, 4.69) is 49.1 Å². The summed E-state index contributed by atoms with van der Waals surface area (Å²) >= 11 is 0. The van der Waals surface area contributed by atoms with Crippen LogP contribution in [0.1, 0.15) is 87.5 Å². The van der Waals surface area contributed by atoms with Crippen LogP contribution in [0.4, 0.5) is 0 Å². The zero-order valence-electron chi connectivity index (χ0n) is 23.9. The van der Waals surface area contributed by atoms with E-state index in [0.29, 0.717) is 17.7 Å². The van der Waals surface area contributed by atoms with Crippen molar-refractivity contribution in [1.82, 2.24) is 4.90 Å². The van der Waals surface area contributed by atoms with E-state index in [0.717, 1.165) is 50.1 Å². The Kier molecular flexibility index (Phi) is 4.94. The van der Waals surface area contributed by atoms with Crippen molar-refractivity contribution < 1.29 is 19.7 Å². The zero-order valence-corrected chi connectivity index (χ0v) is 23.9. The number of methoxy groups -OCH3 is 1. The number of fused-ring (bicyclic) bond motifs is 2. The van der Waals surface area contributed by atoms with E-state index in [-0.39, 0.29) is 28.6 Å². The maximum atomic E-state index is 12.6. The van der Waals surface area contributed by atoms with Gasteiger partial charge in [0.15, 0.2) is 11.5 Å². The van der Waals surface area contributed by atoms with E-state index in [1.54, 1.807) is 0 Å². The van der Waals surface area contributed by atoms with Crippen molar-refractivity contribution >= 4 is 0 Å². The van der Waals surface area contributed by atoms with Crippen LogP contribution in [0, 0.1) is 17.3 Å². The largest absolute Gasteiger partial charge is 0.504 e. The van der Waals surface area contributed by atoms with Gasteiger partial charge in [0, 0.05) is 42.0 Å². The Bertz CT molecular complexity index is 1330. The topological polar surface area (TPSA) is 62.2 Å². The lowest BCUT2D eigenvalue weighted by Gasteiger charge is -2.75. The Morgan fingerprint density at radius 3 is 2.56 bits per heavy atom. The molecule has 5 aliphatic carbocycles. The Morgan fingerprint density at radius 1 is 1.10 bits per heavy atom. The zero-order chi connectivity index (χ0) is 26.9. The number of rotatable bonds is 6. The summed E-state index contributed by atoms with van der Waals surface area (Å²) in [5, 5.41) is 23.6. The second-order valence-corrected chi connectivity index (χ2v) is 14.3. The first-order valence-corrected chi connectivity index (χ1v) is 15.3. The highest BCUT2D eigenvalue weighted by atomic mass is 16.6. The van der Waals surface area contributed by atoms with Crippen LogP contribution in [0.3, 0.4) is 0 Å². The lowest BCUT2D eigenvalue weighted by atomic mass is 9.33.